The van der Waals surface area contributed by atoms with Gasteiger partial charge >= 0.3 is 0 Å². The molecule has 9 heteroatoms. The predicted octanol–water partition coefficient (Wildman–Crippen LogP) is 4.89. The zero-order chi connectivity index (χ0) is 19.4. The van der Waals surface area contributed by atoms with Crippen LogP contribution in [-0.2, 0) is 11.3 Å². The monoisotopic (exact) mass is 421 g/mol. The zero-order valence-corrected chi connectivity index (χ0v) is 16.8. The van der Waals surface area contributed by atoms with Crippen molar-refractivity contribution in [1.82, 2.24) is 4.57 Å². The highest BCUT2D eigenvalue weighted by atomic mass is 35.5. The normalized spacial score (nSPS) is 11.9. The van der Waals surface area contributed by atoms with E-state index in [0.29, 0.717) is 16.4 Å². The van der Waals surface area contributed by atoms with Gasteiger partial charge in [0.15, 0.2) is 4.80 Å². The Labute approximate surface area is 168 Å². The zero-order valence-electron chi connectivity index (χ0n) is 14.4. The molecule has 2 aromatic carbocycles. The number of thiazole rings is 1. The first kappa shape index (κ1) is 19.6. The number of aromatic nitrogens is 1. The molecule has 0 aliphatic carbocycles. The van der Waals surface area contributed by atoms with E-state index in [9.17, 15) is 14.9 Å². The van der Waals surface area contributed by atoms with Gasteiger partial charge in [-0.25, -0.2) is 0 Å². The van der Waals surface area contributed by atoms with Crippen molar-refractivity contribution in [3.05, 3.63) is 62.4 Å². The molecule has 0 radical (unpaired) electrons. The molecule has 6 nitrogen and oxygen atoms in total. The van der Waals surface area contributed by atoms with E-state index in [0.717, 1.165) is 21.5 Å². The molecule has 0 spiro atoms. The van der Waals surface area contributed by atoms with Crippen LogP contribution in [0.2, 0.25) is 5.02 Å². The van der Waals surface area contributed by atoms with E-state index in [1.54, 1.807) is 18.2 Å². The summed E-state index contributed by atoms with van der Waals surface area (Å²) in [7, 11) is 0. The summed E-state index contributed by atoms with van der Waals surface area (Å²) < 4.78 is 2.68. The Morgan fingerprint density at radius 1 is 1.30 bits per heavy atom. The first-order valence-electron chi connectivity index (χ1n) is 8.21. The van der Waals surface area contributed by atoms with Crippen LogP contribution >= 0.6 is 34.7 Å². The van der Waals surface area contributed by atoms with Crippen LogP contribution in [0.1, 0.15) is 13.3 Å². The Kier molecular flexibility index (Phi) is 6.30. The van der Waals surface area contributed by atoms with Gasteiger partial charge in [-0.2, -0.15) is 4.99 Å². The lowest BCUT2D eigenvalue weighted by atomic mass is 10.3. The maximum atomic E-state index is 12.3. The minimum atomic E-state index is -0.423. The summed E-state index contributed by atoms with van der Waals surface area (Å²) in [4.78, 5) is 28.7. The lowest BCUT2D eigenvalue weighted by molar-refractivity contribution is -0.384. The average molecular weight is 422 g/mol. The van der Waals surface area contributed by atoms with Crippen molar-refractivity contribution >= 4 is 56.5 Å². The third kappa shape index (κ3) is 4.77. The van der Waals surface area contributed by atoms with Crippen LogP contribution in [0.3, 0.4) is 0 Å². The molecule has 0 fully saturated rings. The summed E-state index contributed by atoms with van der Waals surface area (Å²) in [5, 5.41) is 11.6. The molecule has 0 saturated heterocycles. The van der Waals surface area contributed by atoms with Crippen LogP contribution < -0.4 is 4.80 Å². The number of thioether (sulfide) groups is 1. The number of halogens is 1. The molecule has 1 aromatic heterocycles. The Hall–Kier alpha value is -2.16. The molecular weight excluding hydrogens is 406 g/mol. The molecule has 3 rings (SSSR count). The van der Waals surface area contributed by atoms with Gasteiger partial charge in [0.2, 0.25) is 0 Å². The highest BCUT2D eigenvalue weighted by Gasteiger charge is 2.12. The van der Waals surface area contributed by atoms with Gasteiger partial charge in [0.05, 0.1) is 20.9 Å². The molecule has 0 aliphatic rings. The van der Waals surface area contributed by atoms with Gasteiger partial charge < -0.3 is 4.57 Å². The summed E-state index contributed by atoms with van der Waals surface area (Å²) in [6, 6.07) is 12.0. The average Bonchev–Trinajstić information content (AvgIpc) is 2.98. The fourth-order valence-electron chi connectivity index (χ4n) is 2.52. The molecular formula is C18H16ClN3O3S2. The van der Waals surface area contributed by atoms with E-state index < -0.39 is 4.92 Å². The largest absolute Gasteiger partial charge is 0.316 e. The summed E-state index contributed by atoms with van der Waals surface area (Å²) in [5.41, 5.74) is 0.882. The number of hydrogen-bond acceptors (Lipinski definition) is 5. The van der Waals surface area contributed by atoms with Gasteiger partial charge in [-0.1, -0.05) is 29.9 Å². The highest BCUT2D eigenvalue weighted by Crippen LogP contribution is 2.24. The van der Waals surface area contributed by atoms with Crippen molar-refractivity contribution in [2.24, 2.45) is 4.99 Å². The first-order valence-corrected chi connectivity index (χ1v) is 10.4. The predicted molar refractivity (Wildman–Crippen MR) is 110 cm³/mol. The quantitative estimate of drug-likeness (QED) is 0.322. The van der Waals surface area contributed by atoms with E-state index in [1.807, 2.05) is 23.6 Å². The number of nitro groups is 1. The number of fused-ring (bicyclic) bond motifs is 1. The second-order valence-electron chi connectivity index (χ2n) is 5.69. The lowest BCUT2D eigenvalue weighted by Gasteiger charge is -2.02. The molecule has 140 valence electrons. The fourth-order valence-corrected chi connectivity index (χ4v) is 4.43. The molecule has 1 amide bonds. The number of hydrogen-bond donors (Lipinski definition) is 0. The standard InChI is InChI=1S/C18H16ClN3O3S2/c1-2-9-21-15-8-5-13(22(24)25)10-16(15)27-18(21)20-17(23)11-26-14-6-3-12(19)4-7-14/h3-8,10H,2,9,11H2,1H3. The van der Waals surface area contributed by atoms with Crippen LogP contribution in [0.4, 0.5) is 5.69 Å². The van der Waals surface area contributed by atoms with Crippen molar-refractivity contribution in [1.29, 1.82) is 0 Å². The van der Waals surface area contributed by atoms with Crippen molar-refractivity contribution < 1.29 is 9.72 Å². The minimum absolute atomic E-state index is 0.0311. The third-order valence-corrected chi connectivity index (χ3v) is 6.01. The van der Waals surface area contributed by atoms with Gasteiger partial charge in [-0.05, 0) is 36.8 Å². The molecule has 3 aromatic rings. The number of aryl methyl sites for hydroxylation is 1. The summed E-state index contributed by atoms with van der Waals surface area (Å²) >= 11 is 8.54. The van der Waals surface area contributed by atoms with Crippen LogP contribution in [-0.4, -0.2) is 21.2 Å². The second-order valence-corrected chi connectivity index (χ2v) is 8.19. The van der Waals surface area contributed by atoms with Crippen LogP contribution in [0.15, 0.2) is 52.4 Å². The van der Waals surface area contributed by atoms with E-state index >= 15 is 0 Å². The SMILES string of the molecule is CCCn1c(=NC(=O)CSc2ccc(Cl)cc2)sc2cc([N+](=O)[O-])ccc21. The number of nitrogens with zero attached hydrogens (tertiary/aromatic N) is 3. The molecule has 0 saturated carbocycles. The second kappa shape index (κ2) is 8.69. The maximum absolute atomic E-state index is 12.3. The molecule has 0 unspecified atom stereocenters. The van der Waals surface area contributed by atoms with E-state index in [4.69, 9.17) is 11.6 Å². The number of amides is 1. The van der Waals surface area contributed by atoms with Crippen molar-refractivity contribution in [3.8, 4) is 0 Å². The maximum Gasteiger partial charge on any atom is 0.270 e. The van der Waals surface area contributed by atoms with E-state index in [1.165, 1.54) is 35.2 Å². The number of nitro benzene ring substituents is 1. The fraction of sp³-hybridized carbons (Fsp3) is 0.222. The minimum Gasteiger partial charge on any atom is -0.316 e. The van der Waals surface area contributed by atoms with Gasteiger partial charge in [0, 0.05) is 28.6 Å². The topological polar surface area (TPSA) is 77.5 Å². The Morgan fingerprint density at radius 2 is 2.04 bits per heavy atom. The van der Waals surface area contributed by atoms with Crippen molar-refractivity contribution in [2.45, 2.75) is 24.8 Å². The van der Waals surface area contributed by atoms with Crippen molar-refractivity contribution in [2.75, 3.05) is 5.75 Å². The Balaban J connectivity index is 1.88. The van der Waals surface area contributed by atoms with E-state index in [-0.39, 0.29) is 17.3 Å². The Morgan fingerprint density at radius 3 is 2.70 bits per heavy atom. The number of benzene rings is 2. The van der Waals surface area contributed by atoms with Gasteiger partial charge in [-0.3, -0.25) is 14.9 Å². The number of non-ortho nitro benzene ring substituents is 1. The molecule has 0 bridgehead atoms. The van der Waals surface area contributed by atoms with E-state index in [2.05, 4.69) is 4.99 Å². The highest BCUT2D eigenvalue weighted by molar-refractivity contribution is 8.00. The summed E-state index contributed by atoms with van der Waals surface area (Å²) in [6.07, 6.45) is 0.865. The third-order valence-electron chi connectivity index (χ3n) is 3.72. The van der Waals surface area contributed by atoms with Crippen LogP contribution in [0.25, 0.3) is 10.2 Å². The number of carbonyl (C=O) groups is 1. The van der Waals surface area contributed by atoms with Gasteiger partial charge in [0.25, 0.3) is 11.6 Å². The lowest BCUT2D eigenvalue weighted by Crippen LogP contribution is -2.17. The number of rotatable bonds is 6. The molecule has 0 atom stereocenters. The number of carbonyl (C=O) groups excluding carboxylic acids is 1. The summed E-state index contributed by atoms with van der Waals surface area (Å²) in [6.45, 7) is 2.72. The van der Waals surface area contributed by atoms with Crippen molar-refractivity contribution in [3.63, 3.8) is 0 Å². The molecule has 27 heavy (non-hydrogen) atoms. The van der Waals surface area contributed by atoms with Gasteiger partial charge in [-0.15, -0.1) is 11.8 Å². The molecule has 0 N–H and O–H groups in total. The summed E-state index contributed by atoms with van der Waals surface area (Å²) in [5.74, 6) is -0.0387. The van der Waals surface area contributed by atoms with Crippen LogP contribution in [0, 0.1) is 10.1 Å². The Bertz CT molecular complexity index is 1060. The van der Waals surface area contributed by atoms with Gasteiger partial charge in [0.1, 0.15) is 0 Å². The first-order chi connectivity index (χ1) is 13.0. The van der Waals surface area contributed by atoms with Crippen LogP contribution in [0.5, 0.6) is 0 Å². The smallest absolute Gasteiger partial charge is 0.270 e. The molecule has 1 heterocycles. The molecule has 0 aliphatic heterocycles.